The number of anilines is 2. The van der Waals surface area contributed by atoms with Gasteiger partial charge in [0.05, 0.1) is 19.3 Å². The van der Waals surface area contributed by atoms with Gasteiger partial charge in [-0.25, -0.2) is 0 Å². The predicted octanol–water partition coefficient (Wildman–Crippen LogP) is 3.31. The Hall–Kier alpha value is -2.95. The quantitative estimate of drug-likeness (QED) is 0.734. The highest BCUT2D eigenvalue weighted by Gasteiger charge is 2.06. The molecule has 0 atom stereocenters. The minimum atomic E-state index is -0.160. The molecule has 0 radical (unpaired) electrons. The fourth-order valence-electron chi connectivity index (χ4n) is 1.98. The summed E-state index contributed by atoms with van der Waals surface area (Å²) < 4.78 is 10.7. The first kappa shape index (κ1) is 16.4. The van der Waals surface area contributed by atoms with Gasteiger partial charge in [-0.3, -0.25) is 4.79 Å². The van der Waals surface area contributed by atoms with Crippen LogP contribution in [0, 0.1) is 0 Å². The van der Waals surface area contributed by atoms with Gasteiger partial charge in [-0.1, -0.05) is 30.9 Å². The van der Waals surface area contributed by atoms with Crippen molar-refractivity contribution >= 4 is 17.3 Å². The minimum Gasteiger partial charge on any atom is -0.495 e. The Balaban J connectivity index is 1.90. The van der Waals surface area contributed by atoms with Crippen LogP contribution in [0.2, 0.25) is 0 Å². The van der Waals surface area contributed by atoms with E-state index in [0.717, 1.165) is 11.4 Å². The Labute approximate surface area is 135 Å². The molecule has 2 aromatic rings. The molecule has 0 aliphatic carbocycles. The van der Waals surface area contributed by atoms with Gasteiger partial charge in [-0.15, -0.1) is 0 Å². The molecule has 0 aliphatic rings. The van der Waals surface area contributed by atoms with Crippen molar-refractivity contribution in [3.63, 3.8) is 0 Å². The van der Waals surface area contributed by atoms with E-state index in [-0.39, 0.29) is 12.5 Å². The van der Waals surface area contributed by atoms with Gasteiger partial charge >= 0.3 is 0 Å². The van der Waals surface area contributed by atoms with Crippen LogP contribution in [0.25, 0.3) is 0 Å². The zero-order valence-corrected chi connectivity index (χ0v) is 13.0. The van der Waals surface area contributed by atoms with E-state index < -0.39 is 0 Å². The smallest absolute Gasteiger partial charge is 0.243 e. The maximum atomic E-state index is 12.0. The molecule has 0 aromatic heterocycles. The van der Waals surface area contributed by atoms with Crippen molar-refractivity contribution in [1.29, 1.82) is 0 Å². The molecule has 0 aliphatic heterocycles. The number of amides is 1. The van der Waals surface area contributed by atoms with Crippen molar-refractivity contribution in [3.8, 4) is 11.5 Å². The number of hydrogen-bond donors (Lipinski definition) is 2. The maximum absolute atomic E-state index is 12.0. The normalized spacial score (nSPS) is 9.78. The number of carbonyl (C=O) groups is 1. The Morgan fingerprint density at radius 1 is 1.22 bits per heavy atom. The summed E-state index contributed by atoms with van der Waals surface area (Å²) in [6.07, 6.45) is 1.68. The Bertz CT molecular complexity index is 671. The number of benzene rings is 2. The first-order valence-electron chi connectivity index (χ1n) is 7.23. The molecule has 23 heavy (non-hydrogen) atoms. The van der Waals surface area contributed by atoms with Crippen LogP contribution < -0.4 is 20.1 Å². The van der Waals surface area contributed by atoms with Crippen molar-refractivity contribution < 1.29 is 14.3 Å². The first-order chi connectivity index (χ1) is 11.2. The first-order valence-corrected chi connectivity index (χ1v) is 7.23. The average molecular weight is 312 g/mol. The van der Waals surface area contributed by atoms with Crippen LogP contribution in [0.4, 0.5) is 11.4 Å². The highest BCUT2D eigenvalue weighted by molar-refractivity contribution is 5.95. The van der Waals surface area contributed by atoms with E-state index in [1.807, 2.05) is 36.4 Å². The number of hydrogen-bond acceptors (Lipinski definition) is 4. The number of methoxy groups -OCH3 is 1. The maximum Gasteiger partial charge on any atom is 0.243 e. The third-order valence-corrected chi connectivity index (χ3v) is 3.04. The van der Waals surface area contributed by atoms with Crippen LogP contribution in [0.5, 0.6) is 11.5 Å². The molecule has 0 bridgehead atoms. The van der Waals surface area contributed by atoms with Crippen molar-refractivity contribution in [2.24, 2.45) is 0 Å². The Morgan fingerprint density at radius 2 is 2.04 bits per heavy atom. The van der Waals surface area contributed by atoms with Crippen molar-refractivity contribution in [3.05, 3.63) is 61.2 Å². The Morgan fingerprint density at radius 3 is 2.83 bits per heavy atom. The van der Waals surface area contributed by atoms with Crippen molar-refractivity contribution in [2.75, 3.05) is 30.9 Å². The minimum absolute atomic E-state index is 0.142. The lowest BCUT2D eigenvalue weighted by atomic mass is 10.3. The van der Waals surface area contributed by atoms with Crippen LogP contribution in [0.15, 0.2) is 61.2 Å². The second kappa shape index (κ2) is 8.48. The summed E-state index contributed by atoms with van der Waals surface area (Å²) in [5.41, 5.74) is 1.45. The van der Waals surface area contributed by atoms with E-state index in [2.05, 4.69) is 17.2 Å². The molecular weight excluding hydrogens is 292 g/mol. The summed E-state index contributed by atoms with van der Waals surface area (Å²) in [6.45, 7) is 4.19. The predicted molar refractivity (Wildman–Crippen MR) is 92.2 cm³/mol. The molecule has 2 rings (SSSR count). The van der Waals surface area contributed by atoms with Gasteiger partial charge < -0.3 is 20.1 Å². The highest BCUT2D eigenvalue weighted by atomic mass is 16.5. The molecule has 120 valence electrons. The van der Waals surface area contributed by atoms with Gasteiger partial charge in [0.1, 0.15) is 18.1 Å². The SMILES string of the molecule is C=CCOc1cccc(NCC(=O)Nc2ccccc2OC)c1. The summed E-state index contributed by atoms with van der Waals surface area (Å²) in [7, 11) is 1.57. The van der Waals surface area contributed by atoms with Crippen molar-refractivity contribution in [2.45, 2.75) is 0 Å². The molecule has 0 saturated heterocycles. The number of para-hydroxylation sites is 2. The summed E-state index contributed by atoms with van der Waals surface area (Å²) in [4.78, 5) is 12.0. The molecule has 0 fully saturated rings. The Kier molecular flexibility index (Phi) is 6.06. The lowest BCUT2D eigenvalue weighted by Crippen LogP contribution is -2.22. The standard InChI is InChI=1S/C18H20N2O3/c1-3-11-23-15-8-6-7-14(12-15)19-13-18(21)20-16-9-4-5-10-17(16)22-2/h3-10,12,19H,1,11,13H2,2H3,(H,20,21). The fraction of sp³-hybridized carbons (Fsp3) is 0.167. The van der Waals surface area contributed by atoms with Crippen molar-refractivity contribution in [1.82, 2.24) is 0 Å². The fourth-order valence-corrected chi connectivity index (χ4v) is 1.98. The number of nitrogens with one attached hydrogen (secondary N) is 2. The molecule has 0 unspecified atom stereocenters. The van der Waals surface area contributed by atoms with E-state index in [1.165, 1.54) is 0 Å². The lowest BCUT2D eigenvalue weighted by Gasteiger charge is -2.11. The number of ether oxygens (including phenoxy) is 2. The lowest BCUT2D eigenvalue weighted by molar-refractivity contribution is -0.114. The van der Waals surface area contributed by atoms with Crippen LogP contribution >= 0.6 is 0 Å². The van der Waals surface area contributed by atoms with E-state index in [4.69, 9.17) is 9.47 Å². The third kappa shape index (κ3) is 5.07. The van der Waals surface area contributed by atoms with Crippen LogP contribution in [0.3, 0.4) is 0 Å². The number of rotatable bonds is 8. The van der Waals surface area contributed by atoms with Gasteiger partial charge in [0, 0.05) is 11.8 Å². The molecule has 1 amide bonds. The number of carbonyl (C=O) groups excluding carboxylic acids is 1. The molecule has 0 heterocycles. The summed E-state index contributed by atoms with van der Waals surface area (Å²) in [5.74, 6) is 1.19. The molecule has 0 saturated carbocycles. The van der Waals surface area contributed by atoms with Crippen LogP contribution in [-0.4, -0.2) is 26.2 Å². The molecule has 2 N–H and O–H groups in total. The zero-order chi connectivity index (χ0) is 16.5. The van der Waals surface area contributed by atoms with Crippen LogP contribution in [-0.2, 0) is 4.79 Å². The molecule has 2 aromatic carbocycles. The van der Waals surface area contributed by atoms with Gasteiger partial charge in [-0.2, -0.15) is 0 Å². The van der Waals surface area contributed by atoms with Crippen LogP contribution in [0.1, 0.15) is 0 Å². The molecular formula is C18H20N2O3. The van der Waals surface area contributed by atoms with Gasteiger partial charge in [0.2, 0.25) is 5.91 Å². The van der Waals surface area contributed by atoms with Gasteiger partial charge in [0.25, 0.3) is 0 Å². The third-order valence-electron chi connectivity index (χ3n) is 3.04. The topological polar surface area (TPSA) is 59.6 Å². The molecule has 0 spiro atoms. The monoisotopic (exact) mass is 312 g/mol. The van der Waals surface area contributed by atoms with E-state index in [1.54, 1.807) is 25.3 Å². The zero-order valence-electron chi connectivity index (χ0n) is 13.0. The second-order valence-electron chi connectivity index (χ2n) is 4.73. The largest absolute Gasteiger partial charge is 0.495 e. The second-order valence-corrected chi connectivity index (χ2v) is 4.73. The average Bonchev–Trinajstić information content (AvgIpc) is 2.59. The van der Waals surface area contributed by atoms with Gasteiger partial charge in [-0.05, 0) is 24.3 Å². The van der Waals surface area contributed by atoms with Gasteiger partial charge in [0.15, 0.2) is 0 Å². The van der Waals surface area contributed by atoms with E-state index in [0.29, 0.717) is 18.0 Å². The summed E-state index contributed by atoms with van der Waals surface area (Å²) in [5, 5.41) is 5.87. The summed E-state index contributed by atoms with van der Waals surface area (Å²) in [6, 6.07) is 14.7. The van der Waals surface area contributed by atoms with E-state index in [9.17, 15) is 4.79 Å². The highest BCUT2D eigenvalue weighted by Crippen LogP contribution is 2.23. The molecule has 5 nitrogen and oxygen atoms in total. The molecule has 5 heteroatoms. The summed E-state index contributed by atoms with van der Waals surface area (Å²) >= 11 is 0. The van der Waals surface area contributed by atoms with E-state index >= 15 is 0 Å².